The number of nitrogens with one attached hydrogen (secondary N) is 1. The number of hydrogen-bond donors (Lipinski definition) is 3. The number of nitrogens with zero attached hydrogens (tertiary/aromatic N) is 1. The molecule has 1 aromatic carbocycles. The van der Waals surface area contributed by atoms with Gasteiger partial charge in [-0.05, 0) is 35.0 Å². The van der Waals surface area contributed by atoms with E-state index in [0.29, 0.717) is 5.02 Å². The summed E-state index contributed by atoms with van der Waals surface area (Å²) in [5, 5.41) is 15.1. The Morgan fingerprint density at radius 2 is 2.33 bits per heavy atom. The van der Waals surface area contributed by atoms with E-state index in [4.69, 9.17) is 22.5 Å². The Kier molecular flexibility index (Phi) is 4.23. The number of oxime groups is 1. The third kappa shape index (κ3) is 3.00. The van der Waals surface area contributed by atoms with Gasteiger partial charge in [-0.2, -0.15) is 0 Å². The van der Waals surface area contributed by atoms with Crippen LogP contribution in [0.3, 0.4) is 0 Å². The molecule has 0 radical (unpaired) electrons. The van der Waals surface area contributed by atoms with Crippen LogP contribution >= 0.6 is 27.5 Å². The molecule has 0 fully saturated rings. The lowest BCUT2D eigenvalue weighted by molar-refractivity contribution is 0.316. The van der Waals surface area contributed by atoms with Crippen LogP contribution in [0.2, 0.25) is 5.02 Å². The van der Waals surface area contributed by atoms with Crippen LogP contribution in [0.1, 0.15) is 6.92 Å². The van der Waals surface area contributed by atoms with E-state index in [1.54, 1.807) is 13.0 Å². The molecule has 1 aromatic rings. The summed E-state index contributed by atoms with van der Waals surface area (Å²) >= 11 is 9.26. The summed E-state index contributed by atoms with van der Waals surface area (Å²) in [5.74, 6) is 0.113. The van der Waals surface area contributed by atoms with Gasteiger partial charge in [-0.25, -0.2) is 0 Å². The smallest absolute Gasteiger partial charge is 0.161 e. The summed E-state index contributed by atoms with van der Waals surface area (Å²) in [6.45, 7) is 1.78. The van der Waals surface area contributed by atoms with Crippen LogP contribution in [0.25, 0.3) is 0 Å². The number of nitrogens with two attached hydrogens (primary N) is 1. The highest BCUT2D eigenvalue weighted by atomic mass is 79.9. The molecule has 4 nitrogen and oxygen atoms in total. The van der Waals surface area contributed by atoms with E-state index in [9.17, 15) is 0 Å². The number of hydrogen-bond acceptors (Lipinski definition) is 3. The number of halogens is 2. The summed E-state index contributed by atoms with van der Waals surface area (Å²) in [5.41, 5.74) is 6.23. The lowest BCUT2D eigenvalue weighted by Crippen LogP contribution is -2.33. The minimum absolute atomic E-state index is 0.113. The molecule has 0 heterocycles. The Morgan fingerprint density at radius 1 is 1.67 bits per heavy atom. The number of anilines is 1. The largest absolute Gasteiger partial charge is 0.409 e. The zero-order valence-electron chi connectivity index (χ0n) is 8.04. The van der Waals surface area contributed by atoms with Gasteiger partial charge in [0.15, 0.2) is 5.84 Å². The first-order valence-corrected chi connectivity index (χ1v) is 5.41. The summed E-state index contributed by atoms with van der Waals surface area (Å²) in [4.78, 5) is 0. The highest BCUT2D eigenvalue weighted by molar-refractivity contribution is 9.10. The first kappa shape index (κ1) is 12.1. The summed E-state index contributed by atoms with van der Waals surface area (Å²) in [6, 6.07) is 5.15. The molecule has 1 atom stereocenters. The Labute approximate surface area is 101 Å². The van der Waals surface area contributed by atoms with E-state index in [-0.39, 0.29) is 11.9 Å². The van der Waals surface area contributed by atoms with Crippen molar-refractivity contribution in [2.45, 2.75) is 13.0 Å². The van der Waals surface area contributed by atoms with Crippen molar-refractivity contribution in [2.24, 2.45) is 10.9 Å². The predicted molar refractivity (Wildman–Crippen MR) is 65.6 cm³/mol. The van der Waals surface area contributed by atoms with E-state index >= 15 is 0 Å². The van der Waals surface area contributed by atoms with Gasteiger partial charge < -0.3 is 16.3 Å². The van der Waals surface area contributed by atoms with Crippen LogP contribution in [0.15, 0.2) is 27.8 Å². The molecule has 0 amide bonds. The van der Waals surface area contributed by atoms with Crippen molar-refractivity contribution in [2.75, 3.05) is 5.32 Å². The molecular formula is C9H11BrClN3O. The highest BCUT2D eigenvalue weighted by Gasteiger charge is 2.10. The minimum atomic E-state index is -0.273. The van der Waals surface area contributed by atoms with Crippen molar-refractivity contribution in [3.8, 4) is 0 Å². The maximum absolute atomic E-state index is 8.49. The van der Waals surface area contributed by atoms with Crippen LogP contribution in [0.4, 0.5) is 5.69 Å². The van der Waals surface area contributed by atoms with E-state index < -0.39 is 0 Å². The van der Waals surface area contributed by atoms with Crippen LogP contribution < -0.4 is 11.1 Å². The van der Waals surface area contributed by atoms with Crippen molar-refractivity contribution >= 4 is 39.1 Å². The van der Waals surface area contributed by atoms with Crippen LogP contribution in [0, 0.1) is 0 Å². The third-order valence-electron chi connectivity index (χ3n) is 1.88. The number of rotatable bonds is 3. The molecule has 4 N–H and O–H groups in total. The third-order valence-corrected chi connectivity index (χ3v) is 3.28. The number of benzene rings is 1. The lowest BCUT2D eigenvalue weighted by Gasteiger charge is -2.15. The van der Waals surface area contributed by atoms with Crippen LogP contribution in [-0.2, 0) is 0 Å². The lowest BCUT2D eigenvalue weighted by atomic mass is 10.2. The Bertz CT molecular complexity index is 384. The zero-order valence-corrected chi connectivity index (χ0v) is 10.4. The second kappa shape index (κ2) is 5.23. The number of amidine groups is 1. The first-order chi connectivity index (χ1) is 7.06. The van der Waals surface area contributed by atoms with Gasteiger partial charge in [0, 0.05) is 0 Å². The van der Waals surface area contributed by atoms with E-state index in [1.807, 2.05) is 12.1 Å². The molecular weight excluding hydrogens is 281 g/mol. The van der Waals surface area contributed by atoms with Gasteiger partial charge in [0.2, 0.25) is 0 Å². The van der Waals surface area contributed by atoms with Crippen LogP contribution in [-0.4, -0.2) is 17.1 Å². The Balaban J connectivity index is 2.86. The molecule has 0 aromatic heterocycles. The summed E-state index contributed by atoms with van der Waals surface area (Å²) in [7, 11) is 0. The van der Waals surface area contributed by atoms with Crippen molar-refractivity contribution in [1.82, 2.24) is 0 Å². The van der Waals surface area contributed by atoms with Gasteiger partial charge >= 0.3 is 0 Å². The zero-order chi connectivity index (χ0) is 11.4. The predicted octanol–water partition coefficient (Wildman–Crippen LogP) is 2.65. The molecule has 6 heteroatoms. The molecule has 0 spiro atoms. The quantitative estimate of drug-likeness (QED) is 0.347. The molecule has 0 bridgehead atoms. The van der Waals surface area contributed by atoms with Gasteiger partial charge in [0.05, 0.1) is 21.2 Å². The minimum Gasteiger partial charge on any atom is -0.409 e. The SMILES string of the molecule is CC(Nc1cccc(Cl)c1Br)/C(N)=N/O. The average Bonchev–Trinajstić information content (AvgIpc) is 2.23. The fourth-order valence-corrected chi connectivity index (χ4v) is 1.56. The first-order valence-electron chi connectivity index (χ1n) is 4.24. The van der Waals surface area contributed by atoms with Gasteiger partial charge in [-0.15, -0.1) is 0 Å². The Hall–Kier alpha value is -0.940. The molecule has 15 heavy (non-hydrogen) atoms. The maximum atomic E-state index is 8.49. The summed E-state index contributed by atoms with van der Waals surface area (Å²) in [6.07, 6.45) is 0. The van der Waals surface area contributed by atoms with Gasteiger partial charge in [-0.1, -0.05) is 22.8 Å². The van der Waals surface area contributed by atoms with Gasteiger partial charge in [0.1, 0.15) is 0 Å². The molecule has 0 saturated heterocycles. The summed E-state index contributed by atoms with van der Waals surface area (Å²) < 4.78 is 0.754. The van der Waals surface area contributed by atoms with Gasteiger partial charge in [-0.3, -0.25) is 0 Å². The Morgan fingerprint density at radius 3 is 2.93 bits per heavy atom. The average molecular weight is 293 g/mol. The molecule has 82 valence electrons. The van der Waals surface area contributed by atoms with Crippen molar-refractivity contribution < 1.29 is 5.21 Å². The second-order valence-corrected chi connectivity index (χ2v) is 4.19. The van der Waals surface area contributed by atoms with E-state index in [0.717, 1.165) is 10.2 Å². The monoisotopic (exact) mass is 291 g/mol. The van der Waals surface area contributed by atoms with E-state index in [2.05, 4.69) is 26.4 Å². The van der Waals surface area contributed by atoms with Gasteiger partial charge in [0.25, 0.3) is 0 Å². The standard InChI is InChI=1S/C9H11BrClN3O/c1-5(9(12)14-15)13-7-4-2-3-6(11)8(7)10/h2-5,13,15H,1H3,(H2,12,14). The van der Waals surface area contributed by atoms with E-state index in [1.165, 1.54) is 0 Å². The molecule has 0 saturated carbocycles. The maximum Gasteiger partial charge on any atom is 0.161 e. The molecule has 1 unspecified atom stereocenters. The topological polar surface area (TPSA) is 70.6 Å². The fourth-order valence-electron chi connectivity index (χ4n) is 1.01. The molecule has 0 aliphatic heterocycles. The normalized spacial score (nSPS) is 13.7. The molecule has 0 aliphatic rings. The van der Waals surface area contributed by atoms with Crippen molar-refractivity contribution in [3.05, 3.63) is 27.7 Å². The van der Waals surface area contributed by atoms with Crippen molar-refractivity contribution in [1.29, 1.82) is 0 Å². The second-order valence-electron chi connectivity index (χ2n) is 2.99. The van der Waals surface area contributed by atoms with Crippen molar-refractivity contribution in [3.63, 3.8) is 0 Å². The highest BCUT2D eigenvalue weighted by Crippen LogP contribution is 2.30. The molecule has 1 rings (SSSR count). The fraction of sp³-hybridized carbons (Fsp3) is 0.222. The molecule has 0 aliphatic carbocycles. The van der Waals surface area contributed by atoms with Crippen LogP contribution in [0.5, 0.6) is 0 Å².